The van der Waals surface area contributed by atoms with Gasteiger partial charge in [-0.2, -0.15) is 0 Å². The Labute approximate surface area is 171 Å². The van der Waals surface area contributed by atoms with Crippen molar-refractivity contribution in [3.05, 3.63) is 82.4 Å². The van der Waals surface area contributed by atoms with E-state index in [0.29, 0.717) is 5.69 Å². The normalized spacial score (nSPS) is 12.6. The molecular weight excluding hydrogens is 390 g/mol. The Bertz CT molecular complexity index is 1100. The van der Waals surface area contributed by atoms with Crippen LogP contribution < -0.4 is 4.72 Å². The van der Waals surface area contributed by atoms with E-state index >= 15 is 0 Å². The number of benzene rings is 1. The molecule has 0 bridgehead atoms. The Morgan fingerprint density at radius 3 is 2.39 bits per heavy atom. The number of sulfonamides is 1. The van der Waals surface area contributed by atoms with Crippen LogP contribution in [0, 0.1) is 13.8 Å². The highest BCUT2D eigenvalue weighted by Gasteiger charge is 2.17. The number of hydrogen-bond acceptors (Lipinski definition) is 4. The fourth-order valence-corrected chi connectivity index (χ4v) is 3.90. The third kappa shape index (κ3) is 4.66. The number of nitrogens with zero attached hydrogens (tertiary/aromatic N) is 1. The van der Waals surface area contributed by atoms with Crippen molar-refractivity contribution in [1.29, 1.82) is 0 Å². The van der Waals surface area contributed by atoms with E-state index in [-0.39, 0.29) is 5.92 Å². The van der Waals surface area contributed by atoms with Crippen LogP contribution in [0.3, 0.4) is 0 Å². The maximum Gasteiger partial charge on any atom is 0.229 e. The lowest BCUT2D eigenvalue weighted by Crippen LogP contribution is -2.10. The highest BCUT2D eigenvalue weighted by atomic mass is 32.2. The summed E-state index contributed by atoms with van der Waals surface area (Å²) < 4.78 is 25.1. The number of aromatic nitrogens is 2. The summed E-state index contributed by atoms with van der Waals surface area (Å²) in [7, 11) is -3.31. The first-order chi connectivity index (χ1) is 13.1. The van der Waals surface area contributed by atoms with E-state index in [0.717, 1.165) is 39.3 Å². The topological polar surface area (TPSA) is 74.8 Å². The highest BCUT2D eigenvalue weighted by Crippen LogP contribution is 2.26. The van der Waals surface area contributed by atoms with Crippen LogP contribution in [-0.4, -0.2) is 29.5 Å². The Hall–Kier alpha value is -2.51. The molecule has 0 fully saturated rings. The molecule has 28 heavy (non-hydrogen) atoms. The van der Waals surface area contributed by atoms with E-state index in [2.05, 4.69) is 46.7 Å². The molecule has 3 aromatic rings. The first-order valence-electron chi connectivity index (χ1n) is 8.88. The van der Waals surface area contributed by atoms with Crippen LogP contribution in [0.2, 0.25) is 0 Å². The standard InChI is InChI=1S/C21H23N3O2S2/c1-13-5-7-16(8-6-13)21(27)20-14(2)11-19(23-20)15(3)18-10-9-17(12-22-18)24-28(4,25)26/h5-12,15,23-24H,1-4H3. The minimum atomic E-state index is -3.31. The molecule has 0 amide bonds. The molecule has 2 heterocycles. The van der Waals surface area contributed by atoms with Gasteiger partial charge in [0.2, 0.25) is 10.0 Å². The average Bonchev–Trinajstić information content (AvgIpc) is 3.02. The summed E-state index contributed by atoms with van der Waals surface area (Å²) in [4.78, 5) is 8.65. The molecule has 146 valence electrons. The summed E-state index contributed by atoms with van der Waals surface area (Å²) in [5.74, 6) is 0.0144. The predicted molar refractivity (Wildman–Crippen MR) is 118 cm³/mol. The minimum Gasteiger partial charge on any atom is -0.357 e. The molecule has 0 aliphatic carbocycles. The number of rotatable bonds is 6. The Morgan fingerprint density at radius 2 is 1.82 bits per heavy atom. The lowest BCUT2D eigenvalue weighted by atomic mass is 10.0. The number of aryl methyl sites for hydroxylation is 2. The van der Waals surface area contributed by atoms with E-state index in [4.69, 9.17) is 12.2 Å². The van der Waals surface area contributed by atoms with Gasteiger partial charge in [0.05, 0.1) is 28.7 Å². The smallest absolute Gasteiger partial charge is 0.229 e. The average molecular weight is 414 g/mol. The van der Waals surface area contributed by atoms with Crippen molar-refractivity contribution >= 4 is 32.8 Å². The van der Waals surface area contributed by atoms with Gasteiger partial charge in [-0.15, -0.1) is 0 Å². The molecule has 0 saturated heterocycles. The number of nitrogens with one attached hydrogen (secondary N) is 2. The molecule has 0 saturated carbocycles. The molecule has 7 heteroatoms. The third-order valence-corrected chi connectivity index (χ3v) is 5.62. The van der Waals surface area contributed by atoms with E-state index in [9.17, 15) is 8.42 Å². The van der Waals surface area contributed by atoms with Crippen molar-refractivity contribution < 1.29 is 8.42 Å². The second kappa shape index (κ2) is 7.85. The number of pyridine rings is 1. The number of H-pyrrole nitrogens is 1. The number of thiocarbonyl (C=S) groups is 1. The Kier molecular flexibility index (Phi) is 5.67. The van der Waals surface area contributed by atoms with Crippen LogP contribution in [0.4, 0.5) is 5.69 Å². The lowest BCUT2D eigenvalue weighted by molar-refractivity contribution is 0.607. The van der Waals surface area contributed by atoms with E-state index < -0.39 is 10.0 Å². The van der Waals surface area contributed by atoms with Crippen LogP contribution in [0.5, 0.6) is 0 Å². The van der Waals surface area contributed by atoms with Crippen molar-refractivity contribution in [2.75, 3.05) is 11.0 Å². The monoisotopic (exact) mass is 413 g/mol. The summed E-state index contributed by atoms with van der Waals surface area (Å²) in [6.45, 7) is 6.14. The zero-order chi connectivity index (χ0) is 20.5. The van der Waals surface area contributed by atoms with E-state index in [1.165, 1.54) is 11.8 Å². The molecule has 1 atom stereocenters. The molecule has 1 aromatic carbocycles. The van der Waals surface area contributed by atoms with Gasteiger partial charge in [-0.25, -0.2) is 8.42 Å². The largest absolute Gasteiger partial charge is 0.357 e. The minimum absolute atomic E-state index is 0.0144. The predicted octanol–water partition coefficient (Wildman–Crippen LogP) is 4.32. The maximum absolute atomic E-state index is 11.3. The molecule has 3 rings (SSSR count). The third-order valence-electron chi connectivity index (χ3n) is 4.58. The van der Waals surface area contributed by atoms with Gasteiger partial charge in [0.25, 0.3) is 0 Å². The summed E-state index contributed by atoms with van der Waals surface area (Å²) in [5, 5.41) is 0. The molecule has 0 aliphatic rings. The van der Waals surface area contributed by atoms with Gasteiger partial charge in [0.15, 0.2) is 0 Å². The van der Waals surface area contributed by atoms with Crippen molar-refractivity contribution in [3.8, 4) is 0 Å². The van der Waals surface area contributed by atoms with Crippen LogP contribution in [0.15, 0.2) is 48.7 Å². The molecule has 0 aliphatic heterocycles. The summed E-state index contributed by atoms with van der Waals surface area (Å²) in [6, 6.07) is 13.8. The molecule has 2 N–H and O–H groups in total. The van der Waals surface area contributed by atoms with Crippen molar-refractivity contribution in [1.82, 2.24) is 9.97 Å². The number of anilines is 1. The van der Waals surface area contributed by atoms with Crippen LogP contribution in [0.1, 0.15) is 46.6 Å². The SMILES string of the molecule is Cc1ccc(C(=S)c2[nH]c(C(C)c3ccc(NS(C)(=O)=O)cn3)cc2C)cc1. The van der Waals surface area contributed by atoms with Crippen molar-refractivity contribution in [2.24, 2.45) is 0 Å². The zero-order valence-corrected chi connectivity index (χ0v) is 17.9. The van der Waals surface area contributed by atoms with Gasteiger partial charge in [0.1, 0.15) is 0 Å². The second-order valence-corrected chi connectivity index (χ2v) is 9.20. The molecule has 0 radical (unpaired) electrons. The van der Waals surface area contributed by atoms with Crippen LogP contribution >= 0.6 is 12.2 Å². The first-order valence-corrected chi connectivity index (χ1v) is 11.2. The Balaban J connectivity index is 1.83. The molecule has 1 unspecified atom stereocenters. The fourth-order valence-electron chi connectivity index (χ4n) is 3.00. The van der Waals surface area contributed by atoms with Crippen LogP contribution in [0.25, 0.3) is 0 Å². The molecular formula is C21H23N3O2S2. The van der Waals surface area contributed by atoms with Crippen molar-refractivity contribution in [2.45, 2.75) is 26.7 Å². The number of hydrogen-bond donors (Lipinski definition) is 2. The quantitative estimate of drug-likeness (QED) is 0.466. The van der Waals surface area contributed by atoms with E-state index in [1.807, 2.05) is 25.1 Å². The van der Waals surface area contributed by atoms with Gasteiger partial charge < -0.3 is 4.98 Å². The summed E-state index contributed by atoms with van der Waals surface area (Å²) in [5.41, 5.74) is 6.54. The fraction of sp³-hybridized carbons (Fsp3) is 0.238. The Morgan fingerprint density at radius 1 is 1.14 bits per heavy atom. The lowest BCUT2D eigenvalue weighted by Gasteiger charge is -2.11. The van der Waals surface area contributed by atoms with E-state index in [1.54, 1.807) is 6.07 Å². The maximum atomic E-state index is 11.3. The number of aromatic amines is 1. The highest BCUT2D eigenvalue weighted by molar-refractivity contribution is 7.92. The van der Waals surface area contributed by atoms with Crippen molar-refractivity contribution in [3.63, 3.8) is 0 Å². The summed E-state index contributed by atoms with van der Waals surface area (Å²) in [6.07, 6.45) is 2.64. The van der Waals surface area contributed by atoms with Gasteiger partial charge in [0, 0.05) is 17.3 Å². The molecule has 5 nitrogen and oxygen atoms in total. The first kappa shape index (κ1) is 20.2. The van der Waals surface area contributed by atoms with Crippen LogP contribution in [-0.2, 0) is 10.0 Å². The molecule has 2 aromatic heterocycles. The van der Waals surface area contributed by atoms with Gasteiger partial charge in [-0.05, 0) is 43.2 Å². The summed E-state index contributed by atoms with van der Waals surface area (Å²) >= 11 is 5.69. The van der Waals surface area contributed by atoms with Gasteiger partial charge >= 0.3 is 0 Å². The van der Waals surface area contributed by atoms with Gasteiger partial charge in [-0.3, -0.25) is 9.71 Å². The zero-order valence-electron chi connectivity index (χ0n) is 16.3. The molecule has 0 spiro atoms. The second-order valence-electron chi connectivity index (χ2n) is 7.05. The van der Waals surface area contributed by atoms with Gasteiger partial charge in [-0.1, -0.05) is 49.0 Å².